The van der Waals surface area contributed by atoms with Crippen LogP contribution < -0.4 is 10.1 Å². The largest absolute Gasteiger partial charge is 0.492 e. The molecule has 1 aliphatic rings. The first kappa shape index (κ1) is 18.3. The summed E-state index contributed by atoms with van der Waals surface area (Å²) in [5.74, 6) is 1.04. The van der Waals surface area contributed by atoms with E-state index in [2.05, 4.69) is 18.3 Å². The van der Waals surface area contributed by atoms with Crippen LogP contribution in [-0.4, -0.2) is 24.7 Å². The van der Waals surface area contributed by atoms with Crippen molar-refractivity contribution in [2.24, 2.45) is 5.92 Å². The van der Waals surface area contributed by atoms with E-state index in [0.717, 1.165) is 25.7 Å². The highest BCUT2D eigenvalue weighted by Gasteiger charge is 2.41. The molecule has 1 aromatic carbocycles. The van der Waals surface area contributed by atoms with Crippen molar-refractivity contribution in [1.29, 1.82) is 5.26 Å². The number of amides is 1. The predicted octanol–water partition coefficient (Wildman–Crippen LogP) is 3.88. The Morgan fingerprint density at radius 2 is 2.04 bits per heavy atom. The van der Waals surface area contributed by atoms with Crippen LogP contribution in [0.5, 0.6) is 5.75 Å². The van der Waals surface area contributed by atoms with Gasteiger partial charge in [0, 0.05) is 12.3 Å². The van der Waals surface area contributed by atoms with Gasteiger partial charge in [0.2, 0.25) is 0 Å². The SMILES string of the molecule is CCOc1ccc(NC(=O)C2(OCC)CCC(C)CC2)cc1C#N. The van der Waals surface area contributed by atoms with E-state index >= 15 is 0 Å². The highest BCUT2D eigenvalue weighted by molar-refractivity contribution is 5.97. The number of nitrogens with zero attached hydrogens (tertiary/aromatic N) is 1. The molecule has 0 saturated heterocycles. The number of anilines is 1. The monoisotopic (exact) mass is 330 g/mol. The molecule has 130 valence electrons. The number of hydrogen-bond acceptors (Lipinski definition) is 4. The van der Waals surface area contributed by atoms with Crippen LogP contribution in [0, 0.1) is 17.2 Å². The van der Waals surface area contributed by atoms with Crippen LogP contribution in [0.2, 0.25) is 0 Å². The van der Waals surface area contributed by atoms with Crippen LogP contribution in [0.4, 0.5) is 5.69 Å². The Labute approximate surface area is 144 Å². The van der Waals surface area contributed by atoms with Gasteiger partial charge in [-0.15, -0.1) is 0 Å². The molecule has 0 bridgehead atoms. The summed E-state index contributed by atoms with van der Waals surface area (Å²) in [5, 5.41) is 12.2. The molecule has 0 spiro atoms. The molecule has 0 heterocycles. The van der Waals surface area contributed by atoms with Crippen molar-refractivity contribution in [3.63, 3.8) is 0 Å². The van der Waals surface area contributed by atoms with Gasteiger partial charge in [0.25, 0.3) is 5.91 Å². The van der Waals surface area contributed by atoms with Gasteiger partial charge in [-0.05, 0) is 63.6 Å². The lowest BCUT2D eigenvalue weighted by atomic mass is 9.78. The molecule has 1 saturated carbocycles. The third-order valence-corrected chi connectivity index (χ3v) is 4.57. The molecule has 1 aromatic rings. The fourth-order valence-corrected chi connectivity index (χ4v) is 3.16. The number of benzene rings is 1. The van der Waals surface area contributed by atoms with Gasteiger partial charge < -0.3 is 14.8 Å². The van der Waals surface area contributed by atoms with E-state index in [1.54, 1.807) is 18.2 Å². The van der Waals surface area contributed by atoms with Crippen molar-refractivity contribution in [2.45, 2.75) is 52.1 Å². The van der Waals surface area contributed by atoms with Gasteiger partial charge in [-0.3, -0.25) is 4.79 Å². The van der Waals surface area contributed by atoms with Crippen molar-refractivity contribution in [1.82, 2.24) is 0 Å². The Kier molecular flexibility index (Phi) is 6.22. The summed E-state index contributed by atoms with van der Waals surface area (Å²) in [6.07, 6.45) is 3.44. The molecule has 1 amide bonds. The van der Waals surface area contributed by atoms with Gasteiger partial charge in [0.05, 0.1) is 12.2 Å². The maximum absolute atomic E-state index is 12.8. The van der Waals surface area contributed by atoms with E-state index in [4.69, 9.17) is 9.47 Å². The standard InChI is InChI=1S/C19H26N2O3/c1-4-23-17-7-6-16(12-15(17)13-20)21-18(22)19(24-5-2)10-8-14(3)9-11-19/h6-7,12,14H,4-5,8-11H2,1-3H3,(H,21,22). The summed E-state index contributed by atoms with van der Waals surface area (Å²) in [4.78, 5) is 12.8. The first-order valence-electron chi connectivity index (χ1n) is 8.67. The number of nitrogens with one attached hydrogen (secondary N) is 1. The lowest BCUT2D eigenvalue weighted by Crippen LogP contribution is -2.48. The van der Waals surface area contributed by atoms with Crippen LogP contribution in [0.1, 0.15) is 52.0 Å². The first-order chi connectivity index (χ1) is 11.5. The van der Waals surface area contributed by atoms with Crippen LogP contribution in [-0.2, 0) is 9.53 Å². The maximum atomic E-state index is 12.8. The Bertz CT molecular complexity index is 614. The van der Waals surface area contributed by atoms with E-state index in [9.17, 15) is 10.1 Å². The quantitative estimate of drug-likeness (QED) is 0.859. The molecule has 5 nitrogen and oxygen atoms in total. The average molecular weight is 330 g/mol. The van der Waals surface area contributed by atoms with Gasteiger partial charge in [0.15, 0.2) is 0 Å². The summed E-state index contributed by atoms with van der Waals surface area (Å²) in [6.45, 7) is 6.99. The Hall–Kier alpha value is -2.06. The molecule has 0 aliphatic heterocycles. The van der Waals surface area contributed by atoms with Crippen molar-refractivity contribution >= 4 is 11.6 Å². The molecule has 1 aliphatic carbocycles. The molecular formula is C19H26N2O3. The maximum Gasteiger partial charge on any atom is 0.256 e. The molecule has 0 radical (unpaired) electrons. The van der Waals surface area contributed by atoms with E-state index in [1.165, 1.54) is 0 Å². The number of carbonyl (C=O) groups excluding carboxylic acids is 1. The number of nitriles is 1. The predicted molar refractivity (Wildman–Crippen MR) is 92.9 cm³/mol. The van der Waals surface area contributed by atoms with Gasteiger partial charge in [-0.1, -0.05) is 6.92 Å². The lowest BCUT2D eigenvalue weighted by molar-refractivity contribution is -0.146. The highest BCUT2D eigenvalue weighted by Crippen LogP contribution is 2.36. The topological polar surface area (TPSA) is 71.3 Å². The summed E-state index contributed by atoms with van der Waals surface area (Å²) in [7, 11) is 0. The third kappa shape index (κ3) is 4.07. The minimum atomic E-state index is -0.757. The van der Waals surface area contributed by atoms with Gasteiger partial charge in [-0.2, -0.15) is 5.26 Å². The molecule has 5 heteroatoms. The third-order valence-electron chi connectivity index (χ3n) is 4.57. The second-order valence-electron chi connectivity index (χ2n) is 6.32. The summed E-state index contributed by atoms with van der Waals surface area (Å²) in [6, 6.07) is 7.23. The second-order valence-corrected chi connectivity index (χ2v) is 6.32. The zero-order valence-corrected chi connectivity index (χ0v) is 14.7. The Morgan fingerprint density at radius 3 is 2.62 bits per heavy atom. The molecule has 0 aromatic heterocycles. The fraction of sp³-hybridized carbons (Fsp3) is 0.579. The zero-order valence-electron chi connectivity index (χ0n) is 14.7. The smallest absolute Gasteiger partial charge is 0.256 e. The molecular weight excluding hydrogens is 304 g/mol. The summed E-state index contributed by atoms with van der Waals surface area (Å²) < 4.78 is 11.3. The number of ether oxygens (including phenoxy) is 2. The van der Waals surface area contributed by atoms with Gasteiger partial charge >= 0.3 is 0 Å². The lowest BCUT2D eigenvalue weighted by Gasteiger charge is -2.37. The van der Waals surface area contributed by atoms with Crippen molar-refractivity contribution < 1.29 is 14.3 Å². The van der Waals surface area contributed by atoms with E-state index in [1.807, 2.05) is 13.8 Å². The average Bonchev–Trinajstić information content (AvgIpc) is 2.58. The summed E-state index contributed by atoms with van der Waals surface area (Å²) in [5.41, 5.74) is 0.252. The minimum Gasteiger partial charge on any atom is -0.492 e. The molecule has 0 atom stereocenters. The molecule has 1 N–H and O–H groups in total. The van der Waals surface area contributed by atoms with Gasteiger partial charge in [0.1, 0.15) is 17.4 Å². The second kappa shape index (κ2) is 8.16. The van der Waals surface area contributed by atoms with Crippen LogP contribution in [0.15, 0.2) is 18.2 Å². The van der Waals surface area contributed by atoms with E-state index in [-0.39, 0.29) is 5.91 Å². The molecule has 1 fully saturated rings. The Balaban J connectivity index is 2.16. The number of carbonyl (C=O) groups is 1. The van der Waals surface area contributed by atoms with Crippen LogP contribution in [0.25, 0.3) is 0 Å². The normalized spacial score (nSPS) is 23.3. The fourth-order valence-electron chi connectivity index (χ4n) is 3.16. The highest BCUT2D eigenvalue weighted by atomic mass is 16.5. The van der Waals surface area contributed by atoms with Crippen LogP contribution in [0.3, 0.4) is 0 Å². The van der Waals surface area contributed by atoms with Crippen molar-refractivity contribution in [3.8, 4) is 11.8 Å². The van der Waals surface area contributed by atoms with Crippen molar-refractivity contribution in [3.05, 3.63) is 23.8 Å². The Morgan fingerprint density at radius 1 is 1.33 bits per heavy atom. The van der Waals surface area contributed by atoms with E-state index < -0.39 is 5.60 Å². The van der Waals surface area contributed by atoms with Gasteiger partial charge in [-0.25, -0.2) is 0 Å². The van der Waals surface area contributed by atoms with Crippen molar-refractivity contribution in [2.75, 3.05) is 18.5 Å². The summed E-state index contributed by atoms with van der Waals surface area (Å²) >= 11 is 0. The van der Waals surface area contributed by atoms with E-state index in [0.29, 0.717) is 36.1 Å². The first-order valence-corrected chi connectivity index (χ1v) is 8.67. The molecule has 24 heavy (non-hydrogen) atoms. The number of rotatable bonds is 6. The minimum absolute atomic E-state index is 0.121. The zero-order chi connectivity index (χ0) is 17.6. The molecule has 2 rings (SSSR count). The van der Waals surface area contributed by atoms with Crippen LogP contribution >= 0.6 is 0 Å². The number of hydrogen-bond donors (Lipinski definition) is 1. The molecule has 0 unspecified atom stereocenters.